The SMILES string of the molecule is O=C(COC(=O)/C=C/c1cccs1)NCCc1ccccc1. The monoisotopic (exact) mass is 315 g/mol. The van der Waals surface area contributed by atoms with Crippen LogP contribution in [0.25, 0.3) is 6.08 Å². The van der Waals surface area contributed by atoms with Gasteiger partial charge in [0.15, 0.2) is 6.61 Å². The summed E-state index contributed by atoms with van der Waals surface area (Å²) in [6.45, 7) is 0.258. The van der Waals surface area contributed by atoms with Gasteiger partial charge in [-0.05, 0) is 29.5 Å². The Bertz CT molecular complexity index is 621. The highest BCUT2D eigenvalue weighted by Crippen LogP contribution is 2.10. The number of carbonyl (C=O) groups is 2. The van der Waals surface area contributed by atoms with Crippen molar-refractivity contribution in [2.75, 3.05) is 13.2 Å². The lowest BCUT2D eigenvalue weighted by Gasteiger charge is -2.05. The zero-order valence-corrected chi connectivity index (χ0v) is 12.8. The van der Waals surface area contributed by atoms with Gasteiger partial charge in [0.1, 0.15) is 0 Å². The Morgan fingerprint density at radius 2 is 1.95 bits per heavy atom. The van der Waals surface area contributed by atoms with Gasteiger partial charge >= 0.3 is 5.97 Å². The molecular formula is C17H17NO3S. The first-order valence-corrected chi connectivity index (χ1v) is 7.81. The first kappa shape index (κ1) is 16.0. The number of carbonyl (C=O) groups excluding carboxylic acids is 2. The summed E-state index contributed by atoms with van der Waals surface area (Å²) in [5, 5.41) is 4.64. The molecule has 0 saturated heterocycles. The van der Waals surface area contributed by atoms with Gasteiger partial charge in [0.05, 0.1) is 0 Å². The third kappa shape index (κ3) is 5.93. The number of hydrogen-bond acceptors (Lipinski definition) is 4. The van der Waals surface area contributed by atoms with Crippen molar-refractivity contribution in [2.24, 2.45) is 0 Å². The molecule has 0 fully saturated rings. The van der Waals surface area contributed by atoms with E-state index in [-0.39, 0.29) is 12.5 Å². The van der Waals surface area contributed by atoms with Crippen molar-refractivity contribution in [1.82, 2.24) is 5.32 Å². The highest BCUT2D eigenvalue weighted by Gasteiger charge is 2.04. The summed E-state index contributed by atoms with van der Waals surface area (Å²) in [4.78, 5) is 24.0. The number of esters is 1. The molecule has 1 amide bonds. The maximum atomic E-state index is 11.6. The summed E-state index contributed by atoms with van der Waals surface area (Å²) < 4.78 is 4.87. The van der Waals surface area contributed by atoms with Crippen molar-refractivity contribution in [3.63, 3.8) is 0 Å². The molecule has 2 rings (SSSR count). The molecule has 0 aliphatic heterocycles. The van der Waals surface area contributed by atoms with Crippen LogP contribution < -0.4 is 5.32 Å². The van der Waals surface area contributed by atoms with Crippen LogP contribution in [0.3, 0.4) is 0 Å². The fourth-order valence-corrected chi connectivity index (χ4v) is 2.38. The summed E-state index contributed by atoms with van der Waals surface area (Å²) in [6, 6.07) is 13.7. The number of hydrogen-bond donors (Lipinski definition) is 1. The molecule has 4 nitrogen and oxygen atoms in total. The lowest BCUT2D eigenvalue weighted by atomic mass is 10.1. The van der Waals surface area contributed by atoms with Gasteiger partial charge < -0.3 is 10.1 Å². The molecule has 2 aromatic rings. The van der Waals surface area contributed by atoms with Crippen molar-refractivity contribution >= 4 is 29.3 Å². The van der Waals surface area contributed by atoms with Crippen molar-refractivity contribution < 1.29 is 14.3 Å². The van der Waals surface area contributed by atoms with Gasteiger partial charge in [0.2, 0.25) is 0 Å². The number of nitrogens with one attached hydrogen (secondary N) is 1. The molecule has 1 N–H and O–H groups in total. The molecule has 0 radical (unpaired) electrons. The molecule has 0 unspecified atom stereocenters. The molecule has 0 saturated carbocycles. The second kappa shape index (κ2) is 8.79. The lowest BCUT2D eigenvalue weighted by molar-refractivity contribution is -0.143. The second-order valence-electron chi connectivity index (χ2n) is 4.54. The number of rotatable bonds is 7. The van der Waals surface area contributed by atoms with Crippen LogP contribution in [0, 0.1) is 0 Å². The second-order valence-corrected chi connectivity index (χ2v) is 5.52. The van der Waals surface area contributed by atoms with Crippen LogP contribution in [0.15, 0.2) is 53.9 Å². The van der Waals surface area contributed by atoms with Gasteiger partial charge in [-0.1, -0.05) is 36.4 Å². The van der Waals surface area contributed by atoms with Gasteiger partial charge in [-0.3, -0.25) is 4.79 Å². The van der Waals surface area contributed by atoms with Gasteiger partial charge in [-0.25, -0.2) is 4.79 Å². The zero-order chi connectivity index (χ0) is 15.6. The Morgan fingerprint density at radius 1 is 1.14 bits per heavy atom. The number of thiophene rings is 1. The molecule has 5 heteroatoms. The topological polar surface area (TPSA) is 55.4 Å². The predicted octanol–water partition coefficient (Wildman–Crippen LogP) is 2.66. The third-order valence-electron chi connectivity index (χ3n) is 2.85. The highest BCUT2D eigenvalue weighted by molar-refractivity contribution is 7.10. The van der Waals surface area contributed by atoms with Crippen LogP contribution in [0.2, 0.25) is 0 Å². The van der Waals surface area contributed by atoms with Gasteiger partial charge in [0.25, 0.3) is 5.91 Å². The molecular weight excluding hydrogens is 298 g/mol. The maximum Gasteiger partial charge on any atom is 0.331 e. The summed E-state index contributed by atoms with van der Waals surface area (Å²) in [7, 11) is 0. The van der Waals surface area contributed by atoms with Crippen LogP contribution in [-0.2, 0) is 20.7 Å². The molecule has 0 spiro atoms. The number of ether oxygens (including phenoxy) is 1. The van der Waals surface area contributed by atoms with E-state index in [1.807, 2.05) is 47.8 Å². The van der Waals surface area contributed by atoms with Crippen LogP contribution in [-0.4, -0.2) is 25.0 Å². The van der Waals surface area contributed by atoms with Crippen LogP contribution >= 0.6 is 11.3 Å². The standard InChI is InChI=1S/C17H17NO3S/c19-16(18-11-10-14-5-2-1-3-6-14)13-21-17(20)9-8-15-7-4-12-22-15/h1-9,12H,10-11,13H2,(H,18,19)/b9-8+. The van der Waals surface area contributed by atoms with Gasteiger partial charge in [0, 0.05) is 17.5 Å². The Balaban J connectivity index is 1.62. The molecule has 1 heterocycles. The van der Waals surface area contributed by atoms with E-state index in [0.717, 1.165) is 16.9 Å². The Morgan fingerprint density at radius 3 is 2.68 bits per heavy atom. The largest absolute Gasteiger partial charge is 0.452 e. The highest BCUT2D eigenvalue weighted by atomic mass is 32.1. The Labute approximate surface area is 133 Å². The van der Waals surface area contributed by atoms with Crippen LogP contribution in [0.1, 0.15) is 10.4 Å². The smallest absolute Gasteiger partial charge is 0.331 e. The average Bonchev–Trinajstić information content (AvgIpc) is 3.05. The van der Waals surface area contributed by atoms with E-state index >= 15 is 0 Å². The van der Waals surface area contributed by atoms with Gasteiger partial charge in [-0.15, -0.1) is 11.3 Å². The number of amides is 1. The van der Waals surface area contributed by atoms with E-state index in [9.17, 15) is 9.59 Å². The minimum atomic E-state index is -0.522. The normalized spacial score (nSPS) is 10.5. The zero-order valence-electron chi connectivity index (χ0n) is 12.0. The summed E-state index contributed by atoms with van der Waals surface area (Å²) >= 11 is 1.52. The van der Waals surface area contributed by atoms with Crippen LogP contribution in [0.4, 0.5) is 0 Å². The molecule has 0 atom stereocenters. The summed E-state index contributed by atoms with van der Waals surface area (Å²) in [5.74, 6) is -0.819. The van der Waals surface area contributed by atoms with E-state index in [0.29, 0.717) is 6.54 Å². The van der Waals surface area contributed by atoms with Crippen molar-refractivity contribution in [3.05, 3.63) is 64.4 Å². The lowest BCUT2D eigenvalue weighted by Crippen LogP contribution is -2.30. The molecule has 22 heavy (non-hydrogen) atoms. The fourth-order valence-electron chi connectivity index (χ4n) is 1.76. The molecule has 114 valence electrons. The summed E-state index contributed by atoms with van der Waals surface area (Å²) in [6.07, 6.45) is 3.74. The van der Waals surface area contributed by atoms with E-state index in [2.05, 4.69) is 5.32 Å². The van der Waals surface area contributed by atoms with Gasteiger partial charge in [-0.2, -0.15) is 0 Å². The van der Waals surface area contributed by atoms with E-state index in [1.54, 1.807) is 6.08 Å². The molecule has 1 aromatic heterocycles. The van der Waals surface area contributed by atoms with Crippen LogP contribution in [0.5, 0.6) is 0 Å². The van der Waals surface area contributed by atoms with E-state index < -0.39 is 5.97 Å². The minimum Gasteiger partial charge on any atom is -0.452 e. The Hall–Kier alpha value is -2.40. The van der Waals surface area contributed by atoms with Crippen molar-refractivity contribution in [1.29, 1.82) is 0 Å². The van der Waals surface area contributed by atoms with Crippen molar-refractivity contribution in [3.8, 4) is 0 Å². The quantitative estimate of drug-likeness (QED) is 0.631. The van der Waals surface area contributed by atoms with E-state index in [1.165, 1.54) is 17.4 Å². The predicted molar refractivity (Wildman–Crippen MR) is 87.5 cm³/mol. The Kier molecular flexibility index (Phi) is 6.39. The average molecular weight is 315 g/mol. The fraction of sp³-hybridized carbons (Fsp3) is 0.176. The molecule has 0 bridgehead atoms. The molecule has 0 aliphatic carbocycles. The molecule has 1 aromatic carbocycles. The third-order valence-corrected chi connectivity index (χ3v) is 3.69. The minimum absolute atomic E-state index is 0.262. The number of benzene rings is 1. The molecule has 0 aliphatic rings. The maximum absolute atomic E-state index is 11.6. The van der Waals surface area contributed by atoms with Crippen molar-refractivity contribution in [2.45, 2.75) is 6.42 Å². The van der Waals surface area contributed by atoms with E-state index in [4.69, 9.17) is 4.74 Å². The first-order chi connectivity index (χ1) is 10.7. The first-order valence-electron chi connectivity index (χ1n) is 6.93. The summed E-state index contributed by atoms with van der Waals surface area (Å²) in [5.41, 5.74) is 1.15.